The van der Waals surface area contributed by atoms with Gasteiger partial charge < -0.3 is 10.1 Å². The zero-order chi connectivity index (χ0) is 18.4. The lowest BCUT2D eigenvalue weighted by Gasteiger charge is -2.17. The number of nitrogens with one attached hydrogen (secondary N) is 2. The maximum atomic E-state index is 12.7. The Bertz CT molecular complexity index is 706. The summed E-state index contributed by atoms with van der Waals surface area (Å²) in [4.78, 5) is 12.5. The molecule has 1 saturated heterocycles. The minimum absolute atomic E-state index is 0.0144. The van der Waals surface area contributed by atoms with Gasteiger partial charge in [0.05, 0.1) is 11.0 Å². The fourth-order valence-corrected chi connectivity index (χ4v) is 4.95. The van der Waals surface area contributed by atoms with E-state index in [0.29, 0.717) is 12.1 Å². The number of amides is 1. The summed E-state index contributed by atoms with van der Waals surface area (Å²) in [7, 11) is -3.62. The maximum absolute atomic E-state index is 12.7. The summed E-state index contributed by atoms with van der Waals surface area (Å²) in [5.41, 5.74) is 0.353. The van der Waals surface area contributed by atoms with Gasteiger partial charge in [-0.25, -0.2) is 13.1 Å². The van der Waals surface area contributed by atoms with Crippen molar-refractivity contribution in [2.75, 3.05) is 13.2 Å². The van der Waals surface area contributed by atoms with Crippen LogP contribution in [0.1, 0.15) is 61.7 Å². The molecule has 1 aliphatic heterocycles. The molecule has 1 aromatic rings. The Labute approximate surface area is 155 Å². The van der Waals surface area contributed by atoms with Crippen LogP contribution in [0.3, 0.4) is 0 Å². The van der Waals surface area contributed by atoms with Crippen molar-refractivity contribution in [2.45, 2.75) is 68.4 Å². The van der Waals surface area contributed by atoms with E-state index in [0.717, 1.165) is 45.1 Å². The van der Waals surface area contributed by atoms with Gasteiger partial charge in [-0.2, -0.15) is 0 Å². The van der Waals surface area contributed by atoms with Crippen molar-refractivity contribution >= 4 is 15.9 Å². The minimum Gasteiger partial charge on any atom is -0.376 e. The van der Waals surface area contributed by atoms with Crippen molar-refractivity contribution in [1.82, 2.24) is 10.0 Å². The number of hydrogen-bond donors (Lipinski definition) is 2. The van der Waals surface area contributed by atoms with Crippen LogP contribution in [0.5, 0.6) is 0 Å². The highest BCUT2D eigenvalue weighted by Gasteiger charge is 2.22. The second-order valence-corrected chi connectivity index (χ2v) is 8.90. The van der Waals surface area contributed by atoms with Gasteiger partial charge in [-0.3, -0.25) is 4.79 Å². The van der Waals surface area contributed by atoms with E-state index in [1.807, 2.05) is 0 Å². The minimum atomic E-state index is -3.62. The number of carbonyl (C=O) groups excluding carboxylic acids is 1. The molecule has 1 aliphatic carbocycles. The van der Waals surface area contributed by atoms with Crippen molar-refractivity contribution < 1.29 is 17.9 Å². The van der Waals surface area contributed by atoms with E-state index in [2.05, 4.69) is 10.0 Å². The number of hydrogen-bond acceptors (Lipinski definition) is 4. The molecule has 1 amide bonds. The molecule has 2 fully saturated rings. The number of ether oxygens (including phenoxy) is 1. The molecule has 144 valence electrons. The summed E-state index contributed by atoms with van der Waals surface area (Å²) >= 11 is 0. The Morgan fingerprint density at radius 3 is 2.54 bits per heavy atom. The smallest absolute Gasteiger partial charge is 0.251 e. The number of carbonyl (C=O) groups is 1. The molecule has 2 aliphatic rings. The quantitative estimate of drug-likeness (QED) is 0.743. The number of benzene rings is 1. The molecular formula is C19H28N2O4S. The van der Waals surface area contributed by atoms with Gasteiger partial charge in [-0.1, -0.05) is 31.7 Å². The van der Waals surface area contributed by atoms with Gasteiger partial charge in [0.15, 0.2) is 0 Å². The Kier molecular flexibility index (Phi) is 6.67. The van der Waals surface area contributed by atoms with E-state index in [4.69, 9.17) is 4.74 Å². The van der Waals surface area contributed by atoms with Crippen LogP contribution in [0.25, 0.3) is 0 Å². The summed E-state index contributed by atoms with van der Waals surface area (Å²) in [5, 5.41) is 2.83. The summed E-state index contributed by atoms with van der Waals surface area (Å²) in [5.74, 6) is -0.271. The van der Waals surface area contributed by atoms with Gasteiger partial charge in [0.25, 0.3) is 5.91 Å². The first-order valence-electron chi connectivity index (χ1n) is 9.57. The lowest BCUT2D eigenvalue weighted by Crippen LogP contribution is -2.35. The largest absolute Gasteiger partial charge is 0.376 e. The van der Waals surface area contributed by atoms with E-state index in [1.165, 1.54) is 25.0 Å². The highest BCUT2D eigenvalue weighted by atomic mass is 32.2. The maximum Gasteiger partial charge on any atom is 0.251 e. The molecular weight excluding hydrogens is 352 g/mol. The van der Waals surface area contributed by atoms with Crippen LogP contribution >= 0.6 is 0 Å². The standard InChI is InChI=1S/C19H28N2O4S/c22-19(20-14-17-10-6-12-25-17)15-7-5-11-18(13-15)26(23,24)21-16-8-3-1-2-4-9-16/h5,7,11,13,16-17,21H,1-4,6,8-10,12,14H2,(H,20,22). The molecule has 2 N–H and O–H groups in total. The molecule has 0 bridgehead atoms. The van der Waals surface area contributed by atoms with Crippen molar-refractivity contribution in [1.29, 1.82) is 0 Å². The van der Waals surface area contributed by atoms with Crippen LogP contribution in [0.4, 0.5) is 0 Å². The fraction of sp³-hybridized carbons (Fsp3) is 0.632. The Balaban J connectivity index is 1.63. The predicted molar refractivity (Wildman–Crippen MR) is 99.6 cm³/mol. The van der Waals surface area contributed by atoms with Gasteiger partial charge in [0, 0.05) is 24.8 Å². The highest BCUT2D eigenvalue weighted by Crippen LogP contribution is 2.20. The SMILES string of the molecule is O=C(NCC1CCCO1)c1cccc(S(=O)(=O)NC2CCCCCC2)c1. The van der Waals surface area contributed by atoms with Crippen molar-refractivity contribution in [3.63, 3.8) is 0 Å². The number of sulfonamides is 1. The summed E-state index contributed by atoms with van der Waals surface area (Å²) < 4.78 is 33.7. The molecule has 26 heavy (non-hydrogen) atoms. The fourth-order valence-electron chi connectivity index (χ4n) is 3.60. The second-order valence-electron chi connectivity index (χ2n) is 7.18. The van der Waals surface area contributed by atoms with Gasteiger partial charge in [0.2, 0.25) is 10.0 Å². The predicted octanol–water partition coefficient (Wildman–Crippen LogP) is 2.60. The molecule has 6 nitrogen and oxygen atoms in total. The van der Waals surface area contributed by atoms with Crippen LogP contribution in [0, 0.1) is 0 Å². The van der Waals surface area contributed by atoms with Crippen molar-refractivity contribution in [2.24, 2.45) is 0 Å². The van der Waals surface area contributed by atoms with Gasteiger partial charge in [0.1, 0.15) is 0 Å². The van der Waals surface area contributed by atoms with E-state index < -0.39 is 10.0 Å². The van der Waals surface area contributed by atoms with Crippen LogP contribution in [-0.4, -0.2) is 39.6 Å². The number of rotatable bonds is 6. The topological polar surface area (TPSA) is 84.5 Å². The Hall–Kier alpha value is -1.44. The third kappa shape index (κ3) is 5.28. The molecule has 7 heteroatoms. The van der Waals surface area contributed by atoms with Crippen molar-refractivity contribution in [3.8, 4) is 0 Å². The third-order valence-electron chi connectivity index (χ3n) is 5.10. The second kappa shape index (κ2) is 8.97. The molecule has 1 saturated carbocycles. The first kappa shape index (κ1) is 19.3. The van der Waals surface area contributed by atoms with Crippen LogP contribution in [-0.2, 0) is 14.8 Å². The summed E-state index contributed by atoms with van der Waals surface area (Å²) in [6, 6.07) is 6.22. The monoisotopic (exact) mass is 380 g/mol. The third-order valence-corrected chi connectivity index (χ3v) is 6.62. The van der Waals surface area contributed by atoms with E-state index in [-0.39, 0.29) is 22.9 Å². The van der Waals surface area contributed by atoms with Crippen LogP contribution in [0.2, 0.25) is 0 Å². The van der Waals surface area contributed by atoms with Crippen LogP contribution < -0.4 is 10.0 Å². The van der Waals surface area contributed by atoms with Gasteiger partial charge in [-0.15, -0.1) is 0 Å². The molecule has 1 aromatic carbocycles. The molecule has 1 heterocycles. The summed E-state index contributed by atoms with van der Waals surface area (Å²) in [6.07, 6.45) is 8.21. The first-order chi connectivity index (χ1) is 12.5. The highest BCUT2D eigenvalue weighted by molar-refractivity contribution is 7.89. The van der Waals surface area contributed by atoms with E-state index >= 15 is 0 Å². The van der Waals surface area contributed by atoms with Crippen LogP contribution in [0.15, 0.2) is 29.2 Å². The average molecular weight is 381 g/mol. The summed E-state index contributed by atoms with van der Waals surface area (Å²) in [6.45, 7) is 1.19. The van der Waals surface area contributed by atoms with E-state index in [1.54, 1.807) is 12.1 Å². The van der Waals surface area contributed by atoms with Gasteiger partial charge in [-0.05, 0) is 43.9 Å². The molecule has 1 unspecified atom stereocenters. The molecule has 3 rings (SSSR count). The Morgan fingerprint density at radius 1 is 1.08 bits per heavy atom. The zero-order valence-corrected chi connectivity index (χ0v) is 15.9. The lowest BCUT2D eigenvalue weighted by atomic mass is 10.1. The van der Waals surface area contributed by atoms with E-state index in [9.17, 15) is 13.2 Å². The zero-order valence-electron chi connectivity index (χ0n) is 15.1. The lowest BCUT2D eigenvalue weighted by molar-refractivity contribution is 0.0857. The van der Waals surface area contributed by atoms with Gasteiger partial charge >= 0.3 is 0 Å². The first-order valence-corrected chi connectivity index (χ1v) is 11.0. The molecule has 0 aromatic heterocycles. The Morgan fingerprint density at radius 2 is 1.85 bits per heavy atom. The molecule has 0 spiro atoms. The normalized spacial score (nSPS) is 22.1. The molecule has 0 radical (unpaired) electrons. The van der Waals surface area contributed by atoms with Crippen molar-refractivity contribution in [3.05, 3.63) is 29.8 Å². The molecule has 1 atom stereocenters. The average Bonchev–Trinajstić information content (AvgIpc) is 3.04.